The molecule has 2 aromatic carbocycles. The number of nitrogens with zero attached hydrogens (tertiary/aromatic N) is 1. The first-order valence-electron chi connectivity index (χ1n) is 10.8. The highest BCUT2D eigenvalue weighted by Gasteiger charge is 2.46. The number of Topliss-reactive ketones (excluding diaryl/α,β-unsaturated/α-hetero) is 1. The minimum Gasteiger partial charge on any atom is -0.294 e. The van der Waals surface area contributed by atoms with Gasteiger partial charge >= 0.3 is 0 Å². The van der Waals surface area contributed by atoms with E-state index in [1.807, 2.05) is 18.3 Å². The van der Waals surface area contributed by atoms with Crippen LogP contribution in [-0.4, -0.2) is 10.8 Å². The van der Waals surface area contributed by atoms with Crippen LogP contribution in [0.1, 0.15) is 66.8 Å². The minimum absolute atomic E-state index is 0.198. The number of aromatic nitrogens is 1. The van der Waals surface area contributed by atoms with Crippen molar-refractivity contribution in [3.8, 4) is 0 Å². The van der Waals surface area contributed by atoms with Crippen LogP contribution in [0.4, 0.5) is 4.39 Å². The maximum Gasteiger partial charge on any atom is 0.163 e. The highest BCUT2D eigenvalue weighted by atomic mass is 35.5. The molecule has 0 bridgehead atoms. The van der Waals surface area contributed by atoms with Crippen molar-refractivity contribution in [2.75, 3.05) is 0 Å². The van der Waals surface area contributed by atoms with Crippen LogP contribution in [0.15, 0.2) is 54.7 Å². The van der Waals surface area contributed by atoms with Crippen molar-refractivity contribution in [2.24, 2.45) is 11.3 Å². The fraction of sp³-hybridized carbons (Fsp3) is 0.385. The normalized spacial score (nSPS) is 25.9. The molecular formula is C26H25ClFNO. The zero-order chi connectivity index (χ0) is 20.7. The van der Waals surface area contributed by atoms with Crippen LogP contribution in [0.3, 0.4) is 0 Å². The number of carbonyl (C=O) groups is 1. The van der Waals surface area contributed by atoms with Gasteiger partial charge in [0.05, 0.1) is 5.52 Å². The van der Waals surface area contributed by atoms with Crippen LogP contribution < -0.4 is 0 Å². The lowest BCUT2D eigenvalue weighted by Crippen LogP contribution is -2.40. The standard InChI is InChI=1S/C26H25ClFNO/c27-20-3-1-19(2-4-20)25(30)13-17-15-26(16-17)10-7-18(8-11-26)22-9-12-29-24-6-5-21(28)14-23(22)24/h1-6,9,12,14,17-18H,7-8,10-11,13,15-16H2. The molecule has 0 saturated heterocycles. The molecule has 1 heterocycles. The van der Waals surface area contributed by atoms with Gasteiger partial charge in [-0.2, -0.15) is 0 Å². The number of pyridine rings is 1. The van der Waals surface area contributed by atoms with Crippen LogP contribution >= 0.6 is 11.6 Å². The Bertz CT molecular complexity index is 1080. The van der Waals surface area contributed by atoms with Crippen LogP contribution in [0.25, 0.3) is 10.9 Å². The molecule has 0 N–H and O–H groups in total. The molecular weight excluding hydrogens is 397 g/mol. The second kappa shape index (κ2) is 7.77. The van der Waals surface area contributed by atoms with Crippen LogP contribution in [0, 0.1) is 17.2 Å². The molecule has 0 atom stereocenters. The number of carbonyl (C=O) groups excluding carboxylic acids is 1. The van der Waals surface area contributed by atoms with Gasteiger partial charge in [-0.3, -0.25) is 9.78 Å². The third-order valence-electron chi connectivity index (χ3n) is 7.31. The van der Waals surface area contributed by atoms with E-state index in [1.54, 1.807) is 24.3 Å². The summed E-state index contributed by atoms with van der Waals surface area (Å²) in [6.07, 6.45) is 9.46. The van der Waals surface area contributed by atoms with E-state index in [-0.39, 0.29) is 11.6 Å². The average Bonchev–Trinajstić information content (AvgIpc) is 2.73. The molecule has 2 aliphatic carbocycles. The van der Waals surface area contributed by atoms with Gasteiger partial charge in [-0.25, -0.2) is 4.39 Å². The monoisotopic (exact) mass is 421 g/mol. The molecule has 4 heteroatoms. The Kier molecular flexibility index (Phi) is 5.10. The summed E-state index contributed by atoms with van der Waals surface area (Å²) in [5.74, 6) is 1.000. The van der Waals surface area contributed by atoms with Gasteiger partial charge in [0.1, 0.15) is 5.82 Å². The average molecular weight is 422 g/mol. The highest BCUT2D eigenvalue weighted by Crippen LogP contribution is 2.58. The fourth-order valence-electron chi connectivity index (χ4n) is 5.77. The topological polar surface area (TPSA) is 30.0 Å². The zero-order valence-electron chi connectivity index (χ0n) is 16.9. The quantitative estimate of drug-likeness (QED) is 0.412. The minimum atomic E-state index is -0.198. The maximum atomic E-state index is 13.8. The number of fused-ring (bicyclic) bond motifs is 1. The van der Waals surface area contributed by atoms with Crippen molar-refractivity contribution < 1.29 is 9.18 Å². The van der Waals surface area contributed by atoms with E-state index in [2.05, 4.69) is 11.1 Å². The molecule has 3 aromatic rings. The molecule has 154 valence electrons. The third-order valence-corrected chi connectivity index (χ3v) is 7.56. The van der Waals surface area contributed by atoms with E-state index in [9.17, 15) is 9.18 Å². The molecule has 0 amide bonds. The number of ketones is 1. The van der Waals surface area contributed by atoms with Crippen molar-refractivity contribution in [1.82, 2.24) is 4.98 Å². The molecule has 0 radical (unpaired) electrons. The van der Waals surface area contributed by atoms with Gasteiger partial charge in [-0.05, 0) is 110 Å². The first-order valence-corrected chi connectivity index (χ1v) is 11.2. The predicted octanol–water partition coefficient (Wildman–Crippen LogP) is 7.35. The number of hydrogen-bond donors (Lipinski definition) is 0. The first kappa shape index (κ1) is 19.7. The molecule has 2 aliphatic rings. The van der Waals surface area contributed by atoms with E-state index < -0.39 is 0 Å². The van der Waals surface area contributed by atoms with Crippen LogP contribution in [0.2, 0.25) is 5.02 Å². The van der Waals surface area contributed by atoms with Crippen molar-refractivity contribution in [1.29, 1.82) is 0 Å². The second-order valence-corrected chi connectivity index (χ2v) is 9.68. The van der Waals surface area contributed by atoms with E-state index in [1.165, 1.54) is 24.5 Å². The smallest absolute Gasteiger partial charge is 0.163 e. The Morgan fingerprint density at radius 3 is 2.53 bits per heavy atom. The molecule has 1 spiro atoms. The summed E-state index contributed by atoms with van der Waals surface area (Å²) in [7, 11) is 0. The third kappa shape index (κ3) is 3.76. The molecule has 2 fully saturated rings. The van der Waals surface area contributed by atoms with Crippen molar-refractivity contribution in [2.45, 2.75) is 50.9 Å². The van der Waals surface area contributed by atoms with Crippen molar-refractivity contribution in [3.63, 3.8) is 0 Å². The lowest BCUT2D eigenvalue weighted by atomic mass is 9.53. The van der Waals surface area contributed by atoms with Crippen molar-refractivity contribution >= 4 is 28.3 Å². The molecule has 2 nitrogen and oxygen atoms in total. The Morgan fingerprint density at radius 2 is 1.80 bits per heavy atom. The highest BCUT2D eigenvalue weighted by molar-refractivity contribution is 6.30. The Labute approximate surface area is 181 Å². The zero-order valence-corrected chi connectivity index (χ0v) is 17.7. The number of benzene rings is 2. The summed E-state index contributed by atoms with van der Waals surface area (Å²) in [4.78, 5) is 16.9. The van der Waals surface area contributed by atoms with E-state index in [0.717, 1.165) is 42.1 Å². The number of halogens is 2. The number of hydrogen-bond acceptors (Lipinski definition) is 2. The second-order valence-electron chi connectivity index (χ2n) is 9.24. The summed E-state index contributed by atoms with van der Waals surface area (Å²) < 4.78 is 13.8. The molecule has 1 aromatic heterocycles. The van der Waals surface area contributed by atoms with Crippen LogP contribution in [0.5, 0.6) is 0 Å². The molecule has 0 aliphatic heterocycles. The summed E-state index contributed by atoms with van der Waals surface area (Å²) in [6, 6.07) is 14.2. The summed E-state index contributed by atoms with van der Waals surface area (Å²) in [6.45, 7) is 0. The van der Waals surface area contributed by atoms with Gasteiger partial charge in [0.15, 0.2) is 5.78 Å². The van der Waals surface area contributed by atoms with Gasteiger partial charge in [-0.1, -0.05) is 11.6 Å². The van der Waals surface area contributed by atoms with E-state index in [0.29, 0.717) is 28.7 Å². The largest absolute Gasteiger partial charge is 0.294 e. The predicted molar refractivity (Wildman–Crippen MR) is 118 cm³/mol. The van der Waals surface area contributed by atoms with Crippen molar-refractivity contribution in [3.05, 3.63) is 76.7 Å². The van der Waals surface area contributed by atoms with Gasteiger partial charge in [-0.15, -0.1) is 0 Å². The first-order chi connectivity index (χ1) is 14.5. The van der Waals surface area contributed by atoms with Gasteiger partial charge in [0, 0.05) is 28.6 Å². The maximum absolute atomic E-state index is 13.8. The van der Waals surface area contributed by atoms with Gasteiger partial charge < -0.3 is 0 Å². The summed E-state index contributed by atoms with van der Waals surface area (Å²) in [5, 5.41) is 1.62. The fourth-order valence-corrected chi connectivity index (χ4v) is 5.90. The lowest BCUT2D eigenvalue weighted by molar-refractivity contribution is 0.00733. The molecule has 5 rings (SSSR count). The summed E-state index contributed by atoms with van der Waals surface area (Å²) >= 11 is 5.92. The molecule has 0 unspecified atom stereocenters. The Morgan fingerprint density at radius 1 is 1.07 bits per heavy atom. The van der Waals surface area contributed by atoms with Gasteiger partial charge in [0.25, 0.3) is 0 Å². The van der Waals surface area contributed by atoms with Crippen LogP contribution in [-0.2, 0) is 0 Å². The Hall–Kier alpha value is -2.26. The molecule has 30 heavy (non-hydrogen) atoms. The lowest BCUT2D eigenvalue weighted by Gasteiger charge is -2.52. The SMILES string of the molecule is O=C(CC1CC2(CCC(c3ccnc4ccc(F)cc34)CC2)C1)c1ccc(Cl)cc1. The molecule has 2 saturated carbocycles. The van der Waals surface area contributed by atoms with E-state index in [4.69, 9.17) is 11.6 Å². The summed E-state index contributed by atoms with van der Waals surface area (Å²) in [5.41, 5.74) is 3.29. The number of rotatable bonds is 4. The van der Waals surface area contributed by atoms with Gasteiger partial charge in [0.2, 0.25) is 0 Å². The van der Waals surface area contributed by atoms with E-state index >= 15 is 0 Å². The Balaban J connectivity index is 1.20.